The minimum Gasteiger partial charge on any atom is -0.548 e. The quantitative estimate of drug-likeness (QED) is 0.743. The van der Waals surface area contributed by atoms with E-state index in [4.69, 9.17) is 9.47 Å². The Labute approximate surface area is 110 Å². The van der Waals surface area contributed by atoms with Crippen LogP contribution >= 0.6 is 0 Å². The number of allylic oxidation sites excluding steroid dienone is 1. The molecule has 1 N–H and O–H groups in total. The summed E-state index contributed by atoms with van der Waals surface area (Å²) in [7, 11) is 2.87. The van der Waals surface area contributed by atoms with Crippen molar-refractivity contribution in [1.29, 1.82) is 0 Å². The van der Waals surface area contributed by atoms with E-state index in [9.17, 15) is 15.0 Å². The molecule has 0 radical (unpaired) electrons. The summed E-state index contributed by atoms with van der Waals surface area (Å²) in [6, 6.07) is 3.22. The average molecular weight is 264 g/mol. The highest BCUT2D eigenvalue weighted by molar-refractivity contribution is 5.80. The topological polar surface area (TPSA) is 91.2 Å². The zero-order valence-corrected chi connectivity index (χ0v) is 10.6. The summed E-state index contributed by atoms with van der Waals surface area (Å²) in [5, 5.41) is 19.8. The SMILES string of the molecule is COc1cc(/C=C/C=NCC(=O)[O-])cc(OC)c1O. The maximum Gasteiger partial charge on any atom is 0.200 e. The van der Waals surface area contributed by atoms with Crippen LogP contribution in [0.25, 0.3) is 6.08 Å². The molecule has 0 saturated carbocycles. The van der Waals surface area contributed by atoms with Gasteiger partial charge in [0, 0.05) is 6.21 Å². The number of carboxylic acid groups (broad SMARTS) is 1. The molecule has 0 atom stereocenters. The number of hydrogen-bond donors (Lipinski definition) is 1. The van der Waals surface area contributed by atoms with E-state index in [1.807, 2.05) is 0 Å². The van der Waals surface area contributed by atoms with Crippen molar-refractivity contribution < 1.29 is 24.5 Å². The van der Waals surface area contributed by atoms with E-state index in [0.717, 1.165) is 0 Å². The van der Waals surface area contributed by atoms with Crippen LogP contribution in [0.1, 0.15) is 5.56 Å². The van der Waals surface area contributed by atoms with Crippen LogP contribution in [-0.4, -0.2) is 38.1 Å². The maximum atomic E-state index is 10.1. The summed E-state index contributed by atoms with van der Waals surface area (Å²) in [4.78, 5) is 13.7. The van der Waals surface area contributed by atoms with E-state index in [1.54, 1.807) is 24.3 Å². The number of carboxylic acids is 1. The van der Waals surface area contributed by atoms with E-state index >= 15 is 0 Å². The molecule has 1 rings (SSSR count). The number of benzene rings is 1. The fourth-order valence-electron chi connectivity index (χ4n) is 1.35. The number of hydrogen-bond acceptors (Lipinski definition) is 6. The Balaban J connectivity index is 2.86. The fourth-order valence-corrected chi connectivity index (χ4v) is 1.35. The molecule has 0 spiro atoms. The normalized spacial score (nSPS) is 11.1. The molecule has 6 heteroatoms. The number of methoxy groups -OCH3 is 2. The first-order chi connectivity index (χ1) is 9.08. The first-order valence-electron chi connectivity index (χ1n) is 5.39. The van der Waals surface area contributed by atoms with Crippen LogP contribution < -0.4 is 14.6 Å². The Kier molecular flexibility index (Phi) is 5.40. The minimum atomic E-state index is -1.24. The minimum absolute atomic E-state index is 0.0761. The van der Waals surface area contributed by atoms with E-state index in [1.165, 1.54) is 20.4 Å². The second-order valence-electron chi connectivity index (χ2n) is 3.49. The number of aliphatic imine (C=N–C) groups is 1. The van der Waals surface area contributed by atoms with Gasteiger partial charge in [-0.1, -0.05) is 6.08 Å². The molecule has 0 unspecified atom stereocenters. The summed E-state index contributed by atoms with van der Waals surface area (Å²) >= 11 is 0. The maximum absolute atomic E-state index is 10.1. The van der Waals surface area contributed by atoms with Crippen LogP contribution in [0.15, 0.2) is 23.2 Å². The number of ether oxygens (including phenoxy) is 2. The van der Waals surface area contributed by atoms with Crippen molar-refractivity contribution in [2.45, 2.75) is 0 Å². The zero-order valence-electron chi connectivity index (χ0n) is 10.6. The Morgan fingerprint density at radius 3 is 2.42 bits per heavy atom. The Morgan fingerprint density at radius 2 is 1.95 bits per heavy atom. The number of nitrogens with zero attached hydrogens (tertiary/aromatic N) is 1. The summed E-state index contributed by atoms with van der Waals surface area (Å²) in [5.74, 6) is -0.748. The number of carbonyl (C=O) groups is 1. The Morgan fingerprint density at radius 1 is 1.37 bits per heavy atom. The molecule has 0 aromatic heterocycles. The molecule has 0 saturated heterocycles. The summed E-state index contributed by atoms with van der Waals surface area (Å²) in [5.41, 5.74) is 0.714. The van der Waals surface area contributed by atoms with Crippen molar-refractivity contribution in [3.05, 3.63) is 23.8 Å². The number of aromatic hydroxyl groups is 1. The number of phenolic OH excluding ortho intramolecular Hbond substituents is 1. The second kappa shape index (κ2) is 7.05. The van der Waals surface area contributed by atoms with Gasteiger partial charge >= 0.3 is 0 Å². The molecule has 6 nitrogen and oxygen atoms in total. The second-order valence-corrected chi connectivity index (χ2v) is 3.49. The standard InChI is InChI=1S/C13H15NO5/c1-18-10-6-9(7-11(19-2)13(10)17)4-3-5-14-8-12(15)16/h3-7,17H,8H2,1-2H3,(H,15,16)/p-1/b4-3+,14-5?. The van der Waals surface area contributed by atoms with Gasteiger partial charge in [0.1, 0.15) is 0 Å². The molecule has 19 heavy (non-hydrogen) atoms. The van der Waals surface area contributed by atoms with Gasteiger partial charge in [0.15, 0.2) is 11.5 Å². The molecular weight excluding hydrogens is 250 g/mol. The number of phenols is 1. The lowest BCUT2D eigenvalue weighted by Gasteiger charge is -2.09. The molecule has 0 aliphatic carbocycles. The highest BCUT2D eigenvalue weighted by atomic mass is 16.5. The smallest absolute Gasteiger partial charge is 0.200 e. The number of aliphatic carboxylic acids is 1. The number of rotatable bonds is 6. The van der Waals surface area contributed by atoms with Gasteiger partial charge in [-0.05, 0) is 23.8 Å². The lowest BCUT2D eigenvalue weighted by atomic mass is 10.1. The molecule has 1 aromatic carbocycles. The van der Waals surface area contributed by atoms with Crippen LogP contribution in [0.2, 0.25) is 0 Å². The molecule has 0 amide bonds. The van der Waals surface area contributed by atoms with Crippen molar-refractivity contribution in [3.63, 3.8) is 0 Å². The van der Waals surface area contributed by atoms with Gasteiger partial charge in [0.25, 0.3) is 0 Å². The van der Waals surface area contributed by atoms with Crippen LogP contribution in [0.5, 0.6) is 17.2 Å². The van der Waals surface area contributed by atoms with Gasteiger partial charge in [0.2, 0.25) is 5.75 Å². The Bertz CT molecular complexity index is 483. The van der Waals surface area contributed by atoms with Crippen LogP contribution in [-0.2, 0) is 4.79 Å². The fraction of sp³-hybridized carbons (Fsp3) is 0.231. The lowest BCUT2D eigenvalue weighted by Crippen LogP contribution is -2.24. The van der Waals surface area contributed by atoms with Gasteiger partial charge in [-0.15, -0.1) is 0 Å². The highest BCUT2D eigenvalue weighted by Gasteiger charge is 2.09. The molecule has 0 aliphatic heterocycles. The van der Waals surface area contributed by atoms with Crippen LogP contribution in [0, 0.1) is 0 Å². The van der Waals surface area contributed by atoms with Gasteiger partial charge in [-0.2, -0.15) is 0 Å². The molecule has 0 aliphatic rings. The molecule has 1 aromatic rings. The van der Waals surface area contributed by atoms with Gasteiger partial charge < -0.3 is 24.5 Å². The average Bonchev–Trinajstić information content (AvgIpc) is 2.39. The predicted molar refractivity (Wildman–Crippen MR) is 68.6 cm³/mol. The molecule has 102 valence electrons. The third-order valence-electron chi connectivity index (χ3n) is 2.20. The first kappa shape index (κ1) is 14.6. The van der Waals surface area contributed by atoms with E-state index in [-0.39, 0.29) is 23.8 Å². The first-order valence-corrected chi connectivity index (χ1v) is 5.39. The van der Waals surface area contributed by atoms with Crippen molar-refractivity contribution >= 4 is 18.3 Å². The van der Waals surface area contributed by atoms with Crippen molar-refractivity contribution in [3.8, 4) is 17.2 Å². The highest BCUT2D eigenvalue weighted by Crippen LogP contribution is 2.37. The van der Waals surface area contributed by atoms with Crippen molar-refractivity contribution in [1.82, 2.24) is 0 Å². The predicted octanol–water partition coefficient (Wildman–Crippen LogP) is 0.243. The molecular formula is C13H14NO5-. The zero-order chi connectivity index (χ0) is 14.3. The third kappa shape index (κ3) is 4.34. The number of carbonyl (C=O) groups excluding carboxylic acids is 1. The summed E-state index contributed by atoms with van der Waals surface area (Å²) < 4.78 is 10.0. The third-order valence-corrected chi connectivity index (χ3v) is 2.20. The van der Waals surface area contributed by atoms with E-state index in [0.29, 0.717) is 5.56 Å². The molecule has 0 heterocycles. The molecule has 0 fully saturated rings. The largest absolute Gasteiger partial charge is 0.548 e. The van der Waals surface area contributed by atoms with Gasteiger partial charge in [-0.25, -0.2) is 0 Å². The van der Waals surface area contributed by atoms with Gasteiger partial charge in [0.05, 0.1) is 26.7 Å². The van der Waals surface area contributed by atoms with Gasteiger partial charge in [-0.3, -0.25) is 4.99 Å². The van der Waals surface area contributed by atoms with E-state index in [2.05, 4.69) is 4.99 Å². The van der Waals surface area contributed by atoms with Crippen molar-refractivity contribution in [2.75, 3.05) is 20.8 Å². The van der Waals surface area contributed by atoms with E-state index < -0.39 is 5.97 Å². The van der Waals surface area contributed by atoms with Crippen molar-refractivity contribution in [2.24, 2.45) is 4.99 Å². The summed E-state index contributed by atoms with van der Waals surface area (Å²) in [6.07, 6.45) is 4.58. The molecule has 0 bridgehead atoms. The van der Waals surface area contributed by atoms with Crippen LogP contribution in [0.4, 0.5) is 0 Å². The summed E-state index contributed by atoms with van der Waals surface area (Å²) in [6.45, 7) is -0.382. The lowest BCUT2D eigenvalue weighted by molar-refractivity contribution is -0.303. The monoisotopic (exact) mass is 264 g/mol. The Hall–Kier alpha value is -2.50. The van der Waals surface area contributed by atoms with Crippen LogP contribution in [0.3, 0.4) is 0 Å².